The fourth-order valence-electron chi connectivity index (χ4n) is 1.98. The van der Waals surface area contributed by atoms with Gasteiger partial charge in [-0.1, -0.05) is 24.3 Å². The van der Waals surface area contributed by atoms with E-state index in [0.29, 0.717) is 5.92 Å². The molecule has 0 bridgehead atoms. The van der Waals surface area contributed by atoms with Crippen molar-refractivity contribution in [3.05, 3.63) is 35.4 Å². The third-order valence-electron chi connectivity index (χ3n) is 2.59. The van der Waals surface area contributed by atoms with Gasteiger partial charge in [0, 0.05) is 0 Å². The standard InChI is InChI=1S/C11H14O/c1-8(12)6-10-7-9-4-2-3-5-11(9)10/h2-5,8,10,12H,6-7H2,1H3. The normalized spacial score (nSPS) is 22.7. The molecule has 0 aliphatic heterocycles. The minimum absolute atomic E-state index is 0.164. The van der Waals surface area contributed by atoms with Gasteiger partial charge in [-0.2, -0.15) is 0 Å². The van der Waals surface area contributed by atoms with Crippen LogP contribution in [-0.2, 0) is 6.42 Å². The smallest absolute Gasteiger partial charge is 0.0518 e. The molecule has 64 valence electrons. The van der Waals surface area contributed by atoms with Crippen molar-refractivity contribution >= 4 is 0 Å². The average molecular weight is 162 g/mol. The molecule has 0 heterocycles. The number of aliphatic hydroxyl groups excluding tert-OH is 1. The second-order valence-corrected chi connectivity index (χ2v) is 3.68. The van der Waals surface area contributed by atoms with Crippen LogP contribution in [0.1, 0.15) is 30.4 Å². The minimum atomic E-state index is -0.164. The number of hydrogen-bond acceptors (Lipinski definition) is 1. The van der Waals surface area contributed by atoms with Gasteiger partial charge in [0.25, 0.3) is 0 Å². The fraction of sp³-hybridized carbons (Fsp3) is 0.455. The van der Waals surface area contributed by atoms with E-state index in [1.165, 1.54) is 11.1 Å². The highest BCUT2D eigenvalue weighted by atomic mass is 16.3. The number of aliphatic hydroxyl groups is 1. The summed E-state index contributed by atoms with van der Waals surface area (Å²) in [5, 5.41) is 9.21. The maximum Gasteiger partial charge on any atom is 0.0518 e. The van der Waals surface area contributed by atoms with E-state index in [1.807, 2.05) is 6.92 Å². The summed E-state index contributed by atoms with van der Waals surface area (Å²) in [5.74, 6) is 0.612. The van der Waals surface area contributed by atoms with E-state index in [9.17, 15) is 5.11 Å². The highest BCUT2D eigenvalue weighted by Crippen LogP contribution is 2.37. The van der Waals surface area contributed by atoms with Gasteiger partial charge < -0.3 is 5.11 Å². The summed E-state index contributed by atoms with van der Waals surface area (Å²) in [5.41, 5.74) is 2.90. The molecule has 1 N–H and O–H groups in total. The van der Waals surface area contributed by atoms with Crippen molar-refractivity contribution in [2.24, 2.45) is 0 Å². The maximum atomic E-state index is 9.21. The predicted molar refractivity (Wildman–Crippen MR) is 49.2 cm³/mol. The Morgan fingerprint density at radius 3 is 2.92 bits per heavy atom. The van der Waals surface area contributed by atoms with Crippen molar-refractivity contribution < 1.29 is 5.11 Å². The van der Waals surface area contributed by atoms with E-state index in [0.717, 1.165) is 12.8 Å². The fourth-order valence-corrected chi connectivity index (χ4v) is 1.98. The van der Waals surface area contributed by atoms with Crippen LogP contribution in [0.15, 0.2) is 24.3 Å². The van der Waals surface area contributed by atoms with Crippen LogP contribution in [0, 0.1) is 0 Å². The van der Waals surface area contributed by atoms with Gasteiger partial charge in [0.2, 0.25) is 0 Å². The van der Waals surface area contributed by atoms with Crippen molar-refractivity contribution in [1.82, 2.24) is 0 Å². The number of rotatable bonds is 2. The molecule has 0 saturated carbocycles. The Morgan fingerprint density at radius 1 is 1.50 bits per heavy atom. The van der Waals surface area contributed by atoms with Crippen LogP contribution >= 0.6 is 0 Å². The Labute approximate surface area is 73.0 Å². The summed E-state index contributed by atoms with van der Waals surface area (Å²) in [4.78, 5) is 0. The van der Waals surface area contributed by atoms with Gasteiger partial charge in [-0.05, 0) is 36.8 Å². The van der Waals surface area contributed by atoms with E-state index in [4.69, 9.17) is 0 Å². The zero-order valence-corrected chi connectivity index (χ0v) is 7.33. The van der Waals surface area contributed by atoms with E-state index in [-0.39, 0.29) is 6.10 Å². The molecule has 1 aliphatic rings. The highest BCUT2D eigenvalue weighted by Gasteiger charge is 2.25. The van der Waals surface area contributed by atoms with Crippen molar-refractivity contribution in [2.75, 3.05) is 0 Å². The lowest BCUT2D eigenvalue weighted by Gasteiger charge is -2.30. The molecule has 1 aliphatic carbocycles. The second kappa shape index (κ2) is 2.91. The van der Waals surface area contributed by atoms with Crippen molar-refractivity contribution in [1.29, 1.82) is 0 Å². The average Bonchev–Trinajstić information content (AvgIpc) is 2.00. The first-order valence-corrected chi connectivity index (χ1v) is 4.53. The zero-order valence-electron chi connectivity index (χ0n) is 7.33. The van der Waals surface area contributed by atoms with Crippen molar-refractivity contribution in [3.63, 3.8) is 0 Å². The Kier molecular flexibility index (Phi) is 1.89. The van der Waals surface area contributed by atoms with Gasteiger partial charge in [0.05, 0.1) is 6.10 Å². The lowest BCUT2D eigenvalue weighted by molar-refractivity contribution is 0.170. The quantitative estimate of drug-likeness (QED) is 0.706. The summed E-state index contributed by atoms with van der Waals surface area (Å²) in [6.07, 6.45) is 1.90. The molecule has 2 rings (SSSR count). The summed E-state index contributed by atoms with van der Waals surface area (Å²) in [7, 11) is 0. The lowest BCUT2D eigenvalue weighted by atomic mass is 9.75. The molecule has 12 heavy (non-hydrogen) atoms. The third-order valence-corrected chi connectivity index (χ3v) is 2.59. The molecule has 1 aromatic rings. The van der Waals surface area contributed by atoms with Gasteiger partial charge in [-0.15, -0.1) is 0 Å². The molecule has 1 nitrogen and oxygen atoms in total. The predicted octanol–water partition coefficient (Wildman–Crippen LogP) is 2.10. The first-order chi connectivity index (χ1) is 5.77. The number of benzene rings is 1. The van der Waals surface area contributed by atoms with Crippen LogP contribution < -0.4 is 0 Å². The van der Waals surface area contributed by atoms with Crippen molar-refractivity contribution in [2.45, 2.75) is 31.8 Å². The first kappa shape index (κ1) is 7.81. The van der Waals surface area contributed by atoms with Crippen LogP contribution in [0.5, 0.6) is 0 Å². The number of fused-ring (bicyclic) bond motifs is 1. The van der Waals surface area contributed by atoms with Gasteiger partial charge in [-0.25, -0.2) is 0 Å². The molecule has 1 aromatic carbocycles. The first-order valence-electron chi connectivity index (χ1n) is 4.53. The van der Waals surface area contributed by atoms with E-state index < -0.39 is 0 Å². The highest BCUT2D eigenvalue weighted by molar-refractivity contribution is 5.39. The summed E-state index contributed by atoms with van der Waals surface area (Å²) >= 11 is 0. The molecular formula is C11H14O. The van der Waals surface area contributed by atoms with E-state index in [1.54, 1.807) is 0 Å². The van der Waals surface area contributed by atoms with Gasteiger partial charge in [-0.3, -0.25) is 0 Å². The van der Waals surface area contributed by atoms with Crippen LogP contribution in [0.25, 0.3) is 0 Å². The topological polar surface area (TPSA) is 20.2 Å². The number of hydrogen-bond donors (Lipinski definition) is 1. The van der Waals surface area contributed by atoms with Gasteiger partial charge >= 0.3 is 0 Å². The summed E-state index contributed by atoms with van der Waals surface area (Å²) in [6, 6.07) is 8.50. The van der Waals surface area contributed by atoms with Gasteiger partial charge in [0.15, 0.2) is 0 Å². The molecule has 0 spiro atoms. The zero-order chi connectivity index (χ0) is 8.55. The Bertz CT molecular complexity index is 278. The molecular weight excluding hydrogens is 148 g/mol. The molecule has 0 aromatic heterocycles. The molecule has 2 unspecified atom stereocenters. The Hall–Kier alpha value is -0.820. The van der Waals surface area contributed by atoms with Crippen LogP contribution in [0.4, 0.5) is 0 Å². The van der Waals surface area contributed by atoms with E-state index in [2.05, 4.69) is 24.3 Å². The molecule has 0 amide bonds. The SMILES string of the molecule is CC(O)CC1Cc2ccccc21. The molecule has 1 heteroatoms. The largest absolute Gasteiger partial charge is 0.393 e. The van der Waals surface area contributed by atoms with E-state index >= 15 is 0 Å². The molecule has 0 saturated heterocycles. The molecule has 0 fully saturated rings. The minimum Gasteiger partial charge on any atom is -0.393 e. The Balaban J connectivity index is 2.10. The van der Waals surface area contributed by atoms with Crippen LogP contribution in [-0.4, -0.2) is 11.2 Å². The van der Waals surface area contributed by atoms with Gasteiger partial charge in [0.1, 0.15) is 0 Å². The third kappa shape index (κ3) is 1.25. The van der Waals surface area contributed by atoms with Crippen LogP contribution in [0.3, 0.4) is 0 Å². The summed E-state index contributed by atoms with van der Waals surface area (Å²) in [6.45, 7) is 1.86. The Morgan fingerprint density at radius 2 is 2.25 bits per heavy atom. The van der Waals surface area contributed by atoms with Crippen molar-refractivity contribution in [3.8, 4) is 0 Å². The molecule has 2 atom stereocenters. The maximum absolute atomic E-state index is 9.21. The van der Waals surface area contributed by atoms with Crippen LogP contribution in [0.2, 0.25) is 0 Å². The molecule has 0 radical (unpaired) electrons. The second-order valence-electron chi connectivity index (χ2n) is 3.68. The monoisotopic (exact) mass is 162 g/mol. The summed E-state index contributed by atoms with van der Waals surface area (Å²) < 4.78 is 0. The lowest BCUT2D eigenvalue weighted by Crippen LogP contribution is -2.20.